The molecule has 6 nitrogen and oxygen atoms in total. The molecule has 0 bridgehead atoms. The Balaban J connectivity index is 1.64. The van der Waals surface area contributed by atoms with E-state index in [9.17, 15) is 9.90 Å². The van der Waals surface area contributed by atoms with Crippen molar-refractivity contribution in [2.24, 2.45) is 0 Å². The fourth-order valence-electron chi connectivity index (χ4n) is 3.29. The van der Waals surface area contributed by atoms with Gasteiger partial charge in [0, 0.05) is 24.0 Å². The summed E-state index contributed by atoms with van der Waals surface area (Å²) in [5.41, 5.74) is 1.90. The van der Waals surface area contributed by atoms with Gasteiger partial charge in [-0.3, -0.25) is 0 Å². The van der Waals surface area contributed by atoms with E-state index in [0.29, 0.717) is 22.4 Å². The molecule has 0 aliphatic carbocycles. The largest absolute Gasteiger partial charge is 0.476 e. The third-order valence-corrected chi connectivity index (χ3v) is 4.87. The summed E-state index contributed by atoms with van der Waals surface area (Å²) in [4.78, 5) is 15.0. The Hall–Kier alpha value is -2.86. The molecule has 1 aliphatic heterocycles. The van der Waals surface area contributed by atoms with E-state index >= 15 is 0 Å². The Morgan fingerprint density at radius 2 is 1.81 bits per heavy atom. The standard InChI is InChI=1S/C19H17ClN4O2/c20-15-6-8-16(9-7-15)24-21-17(19(25)26)18(22-24)23-11-10-14(12-23)13-4-2-1-3-5-13/h1-9,14H,10-12H2,(H,25,26). The lowest BCUT2D eigenvalue weighted by Crippen LogP contribution is -2.22. The van der Waals surface area contributed by atoms with Crippen molar-refractivity contribution in [3.05, 3.63) is 70.9 Å². The van der Waals surface area contributed by atoms with Crippen LogP contribution >= 0.6 is 11.6 Å². The molecular weight excluding hydrogens is 352 g/mol. The van der Waals surface area contributed by atoms with Crippen LogP contribution in [0.5, 0.6) is 0 Å². The predicted molar refractivity (Wildman–Crippen MR) is 99.3 cm³/mol. The number of aromatic carboxylic acids is 1. The van der Waals surface area contributed by atoms with Crippen LogP contribution in [0, 0.1) is 0 Å². The van der Waals surface area contributed by atoms with E-state index in [1.807, 2.05) is 23.1 Å². The van der Waals surface area contributed by atoms with Crippen LogP contribution in [0.1, 0.15) is 28.4 Å². The molecule has 132 valence electrons. The van der Waals surface area contributed by atoms with Gasteiger partial charge in [-0.15, -0.1) is 15.0 Å². The van der Waals surface area contributed by atoms with Crippen LogP contribution in [0.2, 0.25) is 5.02 Å². The van der Waals surface area contributed by atoms with Gasteiger partial charge in [0.25, 0.3) is 0 Å². The van der Waals surface area contributed by atoms with Crippen LogP contribution < -0.4 is 4.90 Å². The molecule has 2 aromatic carbocycles. The molecule has 1 fully saturated rings. The number of carboxylic acids is 1. The highest BCUT2D eigenvalue weighted by molar-refractivity contribution is 6.30. The topological polar surface area (TPSA) is 71.2 Å². The molecule has 0 radical (unpaired) electrons. The second kappa shape index (κ2) is 6.80. The maximum atomic E-state index is 11.7. The van der Waals surface area contributed by atoms with Gasteiger partial charge >= 0.3 is 5.97 Å². The number of halogens is 1. The van der Waals surface area contributed by atoms with Crippen molar-refractivity contribution in [1.29, 1.82) is 0 Å². The zero-order chi connectivity index (χ0) is 18.1. The minimum atomic E-state index is -1.08. The van der Waals surface area contributed by atoms with Gasteiger partial charge in [-0.25, -0.2) is 4.79 Å². The molecule has 0 saturated carbocycles. The third kappa shape index (κ3) is 3.15. The summed E-state index contributed by atoms with van der Waals surface area (Å²) in [6, 6.07) is 17.2. The molecule has 0 spiro atoms. The minimum absolute atomic E-state index is 0.0336. The normalized spacial score (nSPS) is 16.8. The number of rotatable bonds is 4. The number of hydrogen-bond acceptors (Lipinski definition) is 4. The first-order valence-corrected chi connectivity index (χ1v) is 8.76. The number of anilines is 1. The van der Waals surface area contributed by atoms with Gasteiger partial charge in [0.15, 0.2) is 5.82 Å². The van der Waals surface area contributed by atoms with E-state index in [2.05, 4.69) is 22.3 Å². The second-order valence-corrected chi connectivity index (χ2v) is 6.72. The molecule has 7 heteroatoms. The molecule has 26 heavy (non-hydrogen) atoms. The molecular formula is C19H17ClN4O2. The van der Waals surface area contributed by atoms with Crippen LogP contribution in [0.4, 0.5) is 5.82 Å². The van der Waals surface area contributed by atoms with E-state index in [-0.39, 0.29) is 5.69 Å². The zero-order valence-electron chi connectivity index (χ0n) is 13.9. The van der Waals surface area contributed by atoms with Crippen molar-refractivity contribution in [2.45, 2.75) is 12.3 Å². The molecule has 1 unspecified atom stereocenters. The van der Waals surface area contributed by atoms with Gasteiger partial charge < -0.3 is 10.0 Å². The second-order valence-electron chi connectivity index (χ2n) is 6.29. The molecule has 1 atom stereocenters. The third-order valence-electron chi connectivity index (χ3n) is 4.61. The van der Waals surface area contributed by atoms with Gasteiger partial charge in [-0.05, 0) is 36.2 Å². The summed E-state index contributed by atoms with van der Waals surface area (Å²) >= 11 is 5.91. The fraction of sp³-hybridized carbons (Fsp3) is 0.211. The van der Waals surface area contributed by atoms with Crippen LogP contribution in [0.15, 0.2) is 54.6 Å². The Bertz CT molecular complexity index is 924. The summed E-state index contributed by atoms with van der Waals surface area (Å²) in [6.45, 7) is 1.47. The molecule has 1 saturated heterocycles. The van der Waals surface area contributed by atoms with Crippen molar-refractivity contribution < 1.29 is 9.90 Å². The zero-order valence-corrected chi connectivity index (χ0v) is 14.7. The molecule has 3 aromatic rings. The molecule has 2 heterocycles. The van der Waals surface area contributed by atoms with E-state index < -0.39 is 5.97 Å². The first-order chi connectivity index (χ1) is 12.6. The number of nitrogens with zero attached hydrogens (tertiary/aromatic N) is 4. The van der Waals surface area contributed by atoms with Gasteiger partial charge in [0.2, 0.25) is 5.69 Å². The average Bonchev–Trinajstić information content (AvgIpc) is 3.30. The smallest absolute Gasteiger partial charge is 0.360 e. The quantitative estimate of drug-likeness (QED) is 0.761. The number of aromatic nitrogens is 3. The highest BCUT2D eigenvalue weighted by Gasteiger charge is 2.30. The number of carbonyl (C=O) groups is 1. The highest BCUT2D eigenvalue weighted by atomic mass is 35.5. The number of carboxylic acid groups (broad SMARTS) is 1. The van der Waals surface area contributed by atoms with Crippen LogP contribution in [0.3, 0.4) is 0 Å². The monoisotopic (exact) mass is 368 g/mol. The Labute approximate surface area is 155 Å². The van der Waals surface area contributed by atoms with Crippen LogP contribution in [0.25, 0.3) is 5.69 Å². The van der Waals surface area contributed by atoms with E-state index in [1.165, 1.54) is 10.4 Å². The van der Waals surface area contributed by atoms with Crippen molar-refractivity contribution in [2.75, 3.05) is 18.0 Å². The fourth-order valence-corrected chi connectivity index (χ4v) is 3.42. The van der Waals surface area contributed by atoms with E-state index in [1.54, 1.807) is 24.3 Å². The van der Waals surface area contributed by atoms with Crippen molar-refractivity contribution >= 4 is 23.4 Å². The molecule has 4 rings (SSSR count). The first kappa shape index (κ1) is 16.6. The maximum absolute atomic E-state index is 11.7. The van der Waals surface area contributed by atoms with Crippen LogP contribution in [-0.2, 0) is 0 Å². The summed E-state index contributed by atoms with van der Waals surface area (Å²) in [5.74, 6) is -0.312. The van der Waals surface area contributed by atoms with Crippen molar-refractivity contribution in [1.82, 2.24) is 15.0 Å². The van der Waals surface area contributed by atoms with E-state index in [4.69, 9.17) is 11.6 Å². The van der Waals surface area contributed by atoms with Crippen molar-refractivity contribution in [3.63, 3.8) is 0 Å². The highest BCUT2D eigenvalue weighted by Crippen LogP contribution is 2.31. The van der Waals surface area contributed by atoms with Gasteiger partial charge in [-0.2, -0.15) is 0 Å². The summed E-state index contributed by atoms with van der Waals surface area (Å²) in [7, 11) is 0. The lowest BCUT2D eigenvalue weighted by Gasteiger charge is -2.16. The molecule has 1 N–H and O–H groups in total. The summed E-state index contributed by atoms with van der Waals surface area (Å²) < 4.78 is 0. The van der Waals surface area contributed by atoms with E-state index in [0.717, 1.165) is 19.5 Å². The first-order valence-electron chi connectivity index (χ1n) is 8.38. The Morgan fingerprint density at radius 3 is 2.50 bits per heavy atom. The molecule has 1 aliphatic rings. The Morgan fingerprint density at radius 1 is 1.08 bits per heavy atom. The number of hydrogen-bond donors (Lipinski definition) is 1. The molecule has 0 amide bonds. The summed E-state index contributed by atoms with van der Waals surface area (Å²) in [6.07, 6.45) is 0.955. The lowest BCUT2D eigenvalue weighted by atomic mass is 9.99. The predicted octanol–water partition coefficient (Wildman–Crippen LogP) is 3.61. The van der Waals surface area contributed by atoms with Gasteiger partial charge in [0.1, 0.15) is 0 Å². The van der Waals surface area contributed by atoms with Gasteiger partial charge in [-0.1, -0.05) is 41.9 Å². The maximum Gasteiger partial charge on any atom is 0.360 e. The lowest BCUT2D eigenvalue weighted by molar-refractivity contribution is 0.0690. The SMILES string of the molecule is O=C(O)c1nn(-c2ccc(Cl)cc2)nc1N1CCC(c2ccccc2)C1. The average molecular weight is 369 g/mol. The van der Waals surface area contributed by atoms with Crippen molar-refractivity contribution in [3.8, 4) is 5.69 Å². The van der Waals surface area contributed by atoms with Gasteiger partial charge in [0.05, 0.1) is 5.69 Å². The Kier molecular flexibility index (Phi) is 4.34. The molecule has 1 aromatic heterocycles. The van der Waals surface area contributed by atoms with Crippen LogP contribution in [-0.4, -0.2) is 39.2 Å². The summed E-state index contributed by atoms with van der Waals surface area (Å²) in [5, 5.41) is 18.8. The number of benzene rings is 2. The minimum Gasteiger partial charge on any atom is -0.476 e.